The Morgan fingerprint density at radius 2 is 1.28 bits per heavy atom. The van der Waals surface area contributed by atoms with E-state index in [4.69, 9.17) is 34.2 Å². The van der Waals surface area contributed by atoms with Gasteiger partial charge in [0.15, 0.2) is 34.9 Å². The quantitative estimate of drug-likeness (QED) is 0.117. The Bertz CT molecular complexity index is 3140. The molecule has 21 nitrogen and oxygen atoms in total. The van der Waals surface area contributed by atoms with E-state index in [1.54, 1.807) is 24.5 Å². The maximum atomic E-state index is 13.6. The first-order valence-corrected chi connectivity index (χ1v) is 24.9. The van der Waals surface area contributed by atoms with E-state index in [-0.39, 0.29) is 47.9 Å². The highest BCUT2D eigenvalue weighted by atomic mass is 19.4. The number of hydrogen-bond donors (Lipinski definition) is 3. The van der Waals surface area contributed by atoms with E-state index in [1.807, 2.05) is 27.7 Å². The minimum atomic E-state index is -4.50. The van der Waals surface area contributed by atoms with E-state index >= 15 is 0 Å². The molecule has 2 amide bonds. The number of urea groups is 1. The van der Waals surface area contributed by atoms with Crippen LogP contribution in [0.25, 0.3) is 22.8 Å². The van der Waals surface area contributed by atoms with Gasteiger partial charge in [-0.15, -0.1) is 0 Å². The molecule has 4 fully saturated rings. The van der Waals surface area contributed by atoms with Crippen molar-refractivity contribution < 1.29 is 59.6 Å². The van der Waals surface area contributed by atoms with Crippen molar-refractivity contribution in [2.24, 2.45) is 0 Å². The summed E-state index contributed by atoms with van der Waals surface area (Å²) in [7, 11) is 0. The maximum absolute atomic E-state index is 13.6. The Balaban J connectivity index is 0.000000151. The van der Waals surface area contributed by atoms with Gasteiger partial charge in [0.05, 0.1) is 54.2 Å². The lowest BCUT2D eigenvalue weighted by molar-refractivity contribution is -0.142. The number of ether oxygens (including phenoxy) is 6. The van der Waals surface area contributed by atoms with Crippen molar-refractivity contribution in [3.05, 3.63) is 96.8 Å². The van der Waals surface area contributed by atoms with Crippen LogP contribution in [0.1, 0.15) is 51.7 Å². The van der Waals surface area contributed by atoms with E-state index in [0.29, 0.717) is 85.8 Å². The number of rotatable bonds is 9. The van der Waals surface area contributed by atoms with Crippen molar-refractivity contribution in [1.82, 2.24) is 39.9 Å². The van der Waals surface area contributed by atoms with Gasteiger partial charge in [0, 0.05) is 55.5 Å². The van der Waals surface area contributed by atoms with Crippen molar-refractivity contribution in [2.45, 2.75) is 88.8 Å². The maximum Gasteiger partial charge on any atom is 0.416 e. The minimum absolute atomic E-state index is 0.0776. The molecule has 4 atom stereocenters. The second-order valence-corrected chi connectivity index (χ2v) is 19.8. The van der Waals surface area contributed by atoms with E-state index in [9.17, 15) is 31.1 Å². The van der Waals surface area contributed by atoms with Crippen LogP contribution in [-0.2, 0) is 31.3 Å². The highest BCUT2D eigenvalue weighted by Gasteiger charge is 2.42. The van der Waals surface area contributed by atoms with Crippen molar-refractivity contribution in [2.75, 3.05) is 83.7 Å². The first-order chi connectivity index (χ1) is 37.1. The molecule has 0 radical (unpaired) electrons. The largest absolute Gasteiger partial charge is 0.475 e. The SMILES string of the molecule is CC1(C)OC[C@@H](COc2cc(N)ncn2)O1.CC1(C)OC[C@@H](COc2cc(NC(=O)N3c4nc(-c5cccc(C(F)(F)F)c5)ncc4N4CC[C@H]3C4)ncn2)O1.FC(F)(F)c1cccc(-c2ncc3c(n2)N[C@H]2CCN3C2)c1. The third-order valence-electron chi connectivity index (χ3n) is 13.1. The number of alkyl halides is 6. The highest BCUT2D eigenvalue weighted by molar-refractivity contribution is 6.04. The van der Waals surface area contributed by atoms with Gasteiger partial charge < -0.3 is 49.3 Å². The molecule has 4 aromatic heterocycles. The van der Waals surface area contributed by atoms with Crippen LogP contribution in [0.4, 0.5) is 65.8 Å². The van der Waals surface area contributed by atoms with E-state index in [2.05, 4.69) is 60.3 Å². The van der Waals surface area contributed by atoms with Crippen molar-refractivity contribution in [3.63, 3.8) is 0 Å². The molecule has 27 heteroatoms. The number of anilines is 6. The predicted molar refractivity (Wildman–Crippen MR) is 271 cm³/mol. The summed E-state index contributed by atoms with van der Waals surface area (Å²) in [5.74, 6) is 1.50. The Hall–Kier alpha value is -7.75. The van der Waals surface area contributed by atoms with Crippen LogP contribution in [-0.4, -0.2) is 134 Å². The number of carbonyl (C=O) groups excluding carboxylic acids is 1. The number of halogens is 6. The van der Waals surface area contributed by atoms with Crippen LogP contribution >= 0.6 is 0 Å². The number of nitrogens with one attached hydrogen (secondary N) is 2. The summed E-state index contributed by atoms with van der Waals surface area (Å²) in [5.41, 5.74) is 6.12. The van der Waals surface area contributed by atoms with Gasteiger partial charge in [-0.3, -0.25) is 10.2 Å². The zero-order valence-corrected chi connectivity index (χ0v) is 42.6. The van der Waals surface area contributed by atoms with Crippen molar-refractivity contribution >= 4 is 40.7 Å². The number of nitrogens with zero attached hydrogens (tertiary/aromatic N) is 11. The predicted octanol–water partition coefficient (Wildman–Crippen LogP) is 7.87. The molecule has 4 bridgehead atoms. The van der Waals surface area contributed by atoms with Gasteiger partial charge in [-0.05, 0) is 64.8 Å². The number of hydrogen-bond acceptors (Lipinski definition) is 19. The Labute approximate surface area is 442 Å². The monoisotopic (exact) mass is 1090 g/mol. The lowest BCUT2D eigenvalue weighted by atomic mass is 10.1. The number of amides is 2. The molecule has 2 aromatic carbocycles. The standard InChI is InChI=1S/C26H26F3N7O4.C15H13F3N4.C10H15N3O3/c1-25(2)39-13-18(40-25)12-38-21-9-20(31-14-32-21)33-24(37)36-17-6-7-35(11-17)19-10-30-22(34-23(19)36)15-4-3-5-16(8-15)26(27,28)29;16-15(17,18)10-3-1-2-9(6-10)13-19-7-12-14(21-13)20-11-4-5-22(12)8-11;1-10(2)15-5-7(16-10)4-14-9-3-8(11)12-6-13-9/h3-5,8-10,14,17-18H,6-7,11-13H2,1-2H3,(H,31,32,33,37);1-3,6-7,11H,4-5,8H2,(H,19,20,21);3,6-7H,4-5H2,1-2H3,(H2,11,12,13)/t17-,18+;11-;7-/m001/s1. The lowest BCUT2D eigenvalue weighted by Crippen LogP contribution is -2.48. The van der Waals surface area contributed by atoms with Gasteiger partial charge in [0.2, 0.25) is 11.8 Å². The van der Waals surface area contributed by atoms with Gasteiger partial charge in [-0.1, -0.05) is 24.3 Å². The summed E-state index contributed by atoms with van der Waals surface area (Å²) < 4.78 is 112. The molecule has 6 aliphatic rings. The Morgan fingerprint density at radius 3 is 1.87 bits per heavy atom. The summed E-state index contributed by atoms with van der Waals surface area (Å²) in [5, 5.41) is 6.11. The van der Waals surface area contributed by atoms with Gasteiger partial charge in [0.1, 0.15) is 49.7 Å². The van der Waals surface area contributed by atoms with Gasteiger partial charge in [-0.25, -0.2) is 44.7 Å². The van der Waals surface area contributed by atoms with Gasteiger partial charge in [-0.2, -0.15) is 26.3 Å². The molecule has 0 unspecified atom stereocenters. The van der Waals surface area contributed by atoms with Crippen LogP contribution < -0.4 is 40.5 Å². The van der Waals surface area contributed by atoms with E-state index in [0.717, 1.165) is 49.5 Å². The summed E-state index contributed by atoms with van der Waals surface area (Å²) in [6, 6.07) is 12.7. The second-order valence-electron chi connectivity index (χ2n) is 19.8. The van der Waals surface area contributed by atoms with Crippen LogP contribution in [0, 0.1) is 0 Å². The van der Waals surface area contributed by atoms with Crippen LogP contribution in [0.3, 0.4) is 0 Å². The molecule has 6 aliphatic heterocycles. The molecule has 0 aliphatic carbocycles. The molecule has 78 heavy (non-hydrogen) atoms. The highest BCUT2D eigenvalue weighted by Crippen LogP contribution is 2.41. The van der Waals surface area contributed by atoms with Crippen molar-refractivity contribution in [3.8, 4) is 34.5 Å². The zero-order valence-electron chi connectivity index (χ0n) is 42.6. The molecule has 6 aromatic rings. The van der Waals surface area contributed by atoms with E-state index < -0.39 is 41.1 Å². The summed E-state index contributed by atoms with van der Waals surface area (Å²) in [4.78, 5) is 52.8. The summed E-state index contributed by atoms with van der Waals surface area (Å²) in [6.45, 7) is 12.1. The van der Waals surface area contributed by atoms with Crippen LogP contribution in [0.2, 0.25) is 0 Å². The van der Waals surface area contributed by atoms with Crippen molar-refractivity contribution in [1.29, 1.82) is 0 Å². The Morgan fingerprint density at radius 1 is 0.718 bits per heavy atom. The number of benzene rings is 2. The topological polar surface area (TPSA) is 235 Å². The molecule has 4 saturated heterocycles. The molecule has 0 spiro atoms. The average molecular weight is 1090 g/mol. The van der Waals surface area contributed by atoms with Gasteiger partial charge >= 0.3 is 18.4 Å². The molecular formula is C51H54F6N14O7. The molecule has 10 heterocycles. The van der Waals surface area contributed by atoms with E-state index in [1.165, 1.54) is 41.8 Å². The first kappa shape index (κ1) is 53.6. The number of aromatic nitrogens is 8. The fourth-order valence-electron chi connectivity index (χ4n) is 9.46. The molecular weight excluding hydrogens is 1030 g/mol. The smallest absolute Gasteiger partial charge is 0.416 e. The third-order valence-corrected chi connectivity index (χ3v) is 13.1. The number of nitrogens with two attached hydrogens (primary N) is 1. The first-order valence-electron chi connectivity index (χ1n) is 24.9. The van der Waals surface area contributed by atoms with Crippen LogP contribution in [0.5, 0.6) is 11.8 Å². The van der Waals surface area contributed by atoms with Gasteiger partial charge in [0.25, 0.3) is 0 Å². The average Bonchev–Trinajstić information content (AvgIpc) is 4.21. The molecule has 4 N–H and O–H groups in total. The molecule has 412 valence electrons. The molecule has 0 saturated carbocycles. The lowest BCUT2D eigenvalue weighted by Gasteiger charge is -2.35. The summed E-state index contributed by atoms with van der Waals surface area (Å²) >= 11 is 0. The fraction of sp³-hybridized carbons (Fsp3) is 0.431. The summed E-state index contributed by atoms with van der Waals surface area (Å²) in [6.07, 6.45) is -1.61. The van der Waals surface area contributed by atoms with Crippen LogP contribution in [0.15, 0.2) is 85.7 Å². The zero-order chi connectivity index (χ0) is 55.0. The molecule has 12 rings (SSSR count). The minimum Gasteiger partial charge on any atom is -0.475 e. The number of carbonyl (C=O) groups is 1. The second kappa shape index (κ2) is 21.6. The third kappa shape index (κ3) is 12.6. The number of nitrogen functional groups attached to an aromatic ring is 1. The normalized spacial score (nSPS) is 21.3. The fourth-order valence-corrected chi connectivity index (χ4v) is 9.46. The number of fused-ring (bicyclic) bond motifs is 8. The Kier molecular flexibility index (Phi) is 14.8.